The topological polar surface area (TPSA) is 108 Å². The minimum atomic E-state index is -3.62. The zero-order chi connectivity index (χ0) is 20.9. The second kappa shape index (κ2) is 9.06. The highest BCUT2D eigenvalue weighted by atomic mass is 32.2. The van der Waals surface area contributed by atoms with Crippen molar-refractivity contribution in [2.45, 2.75) is 24.2 Å². The fraction of sp³-hybridized carbons (Fsp3) is 0.300. The number of hydrazone groups is 1. The number of hydrogen-bond donors (Lipinski definition) is 2. The minimum Gasteiger partial charge on any atom is -0.504 e. The molecule has 0 radical (unpaired) electrons. The lowest BCUT2D eigenvalue weighted by molar-refractivity contribution is 0.0955. The molecule has 1 aliphatic rings. The fourth-order valence-electron chi connectivity index (χ4n) is 3.06. The summed E-state index contributed by atoms with van der Waals surface area (Å²) < 4.78 is 32.0. The molecule has 9 heteroatoms. The van der Waals surface area contributed by atoms with Crippen LogP contribution >= 0.6 is 0 Å². The van der Waals surface area contributed by atoms with Gasteiger partial charge in [0.15, 0.2) is 11.5 Å². The SMILES string of the molecule is COc1cc(C=NNC(=O)c2cccc(S(=O)(=O)N3CCCCC3)c2)ccc1O. The Hall–Kier alpha value is -2.91. The van der Waals surface area contributed by atoms with Crippen molar-refractivity contribution in [2.75, 3.05) is 20.2 Å². The molecule has 1 saturated heterocycles. The summed E-state index contributed by atoms with van der Waals surface area (Å²) in [6.07, 6.45) is 4.11. The van der Waals surface area contributed by atoms with Gasteiger partial charge in [0.1, 0.15) is 0 Å². The number of carbonyl (C=O) groups is 1. The predicted octanol–water partition coefficient (Wildman–Crippen LogP) is 2.34. The first-order valence-electron chi connectivity index (χ1n) is 9.22. The Morgan fingerprint density at radius 3 is 2.66 bits per heavy atom. The number of nitrogens with one attached hydrogen (secondary N) is 1. The largest absolute Gasteiger partial charge is 0.504 e. The summed E-state index contributed by atoms with van der Waals surface area (Å²) in [4.78, 5) is 12.5. The van der Waals surface area contributed by atoms with Gasteiger partial charge in [0.05, 0.1) is 18.2 Å². The van der Waals surface area contributed by atoms with Gasteiger partial charge in [-0.2, -0.15) is 9.41 Å². The lowest BCUT2D eigenvalue weighted by Gasteiger charge is -2.25. The lowest BCUT2D eigenvalue weighted by atomic mass is 10.2. The van der Waals surface area contributed by atoms with E-state index in [2.05, 4.69) is 10.5 Å². The molecule has 1 fully saturated rings. The standard InChI is InChI=1S/C20H23N3O5S/c1-28-19-12-15(8-9-18(19)24)14-21-22-20(25)16-6-5-7-17(13-16)29(26,27)23-10-3-2-4-11-23/h5-9,12-14,24H,2-4,10-11H2,1H3,(H,22,25). The average molecular weight is 417 g/mol. The molecular formula is C20H23N3O5S. The zero-order valence-electron chi connectivity index (χ0n) is 16.0. The summed E-state index contributed by atoms with van der Waals surface area (Å²) in [6, 6.07) is 10.6. The van der Waals surface area contributed by atoms with Crippen LogP contribution in [0.25, 0.3) is 0 Å². The zero-order valence-corrected chi connectivity index (χ0v) is 16.9. The average Bonchev–Trinajstić information content (AvgIpc) is 2.75. The number of amides is 1. The number of phenolic OH excluding ortho intramolecular Hbond substituents is 1. The van der Waals surface area contributed by atoms with Crippen LogP contribution in [-0.4, -0.2) is 50.2 Å². The molecule has 0 saturated carbocycles. The summed E-state index contributed by atoms with van der Waals surface area (Å²) in [7, 11) is -2.18. The lowest BCUT2D eigenvalue weighted by Crippen LogP contribution is -2.35. The highest BCUT2D eigenvalue weighted by Gasteiger charge is 2.26. The van der Waals surface area contributed by atoms with Crippen molar-refractivity contribution in [1.82, 2.24) is 9.73 Å². The number of phenols is 1. The maximum Gasteiger partial charge on any atom is 0.271 e. The van der Waals surface area contributed by atoms with Crippen LogP contribution < -0.4 is 10.2 Å². The number of methoxy groups -OCH3 is 1. The molecule has 0 bridgehead atoms. The summed E-state index contributed by atoms with van der Waals surface area (Å²) >= 11 is 0. The van der Waals surface area contributed by atoms with E-state index in [4.69, 9.17) is 4.74 Å². The van der Waals surface area contributed by atoms with E-state index in [1.165, 1.54) is 41.9 Å². The summed E-state index contributed by atoms with van der Waals surface area (Å²) in [5.41, 5.74) is 3.19. The van der Waals surface area contributed by atoms with Gasteiger partial charge in [-0.1, -0.05) is 12.5 Å². The van der Waals surface area contributed by atoms with Crippen molar-refractivity contribution >= 4 is 22.1 Å². The van der Waals surface area contributed by atoms with Crippen LogP contribution in [0.3, 0.4) is 0 Å². The van der Waals surface area contributed by atoms with E-state index in [1.54, 1.807) is 18.2 Å². The number of carbonyl (C=O) groups excluding carboxylic acids is 1. The molecule has 8 nitrogen and oxygen atoms in total. The Kier molecular flexibility index (Phi) is 6.50. The van der Waals surface area contributed by atoms with Crippen LogP contribution in [0.4, 0.5) is 0 Å². The number of aromatic hydroxyl groups is 1. The maximum atomic E-state index is 12.8. The number of sulfonamides is 1. The van der Waals surface area contributed by atoms with Gasteiger partial charge in [-0.15, -0.1) is 0 Å². The summed E-state index contributed by atoms with van der Waals surface area (Å²) in [5.74, 6) is -0.237. The van der Waals surface area contributed by atoms with Gasteiger partial charge in [-0.05, 0) is 54.8 Å². The molecule has 2 aromatic rings. The molecule has 0 aromatic heterocycles. The van der Waals surface area contributed by atoms with Crippen molar-refractivity contribution in [3.05, 3.63) is 53.6 Å². The van der Waals surface area contributed by atoms with Crippen LogP contribution in [0.1, 0.15) is 35.2 Å². The maximum absolute atomic E-state index is 12.8. The van der Waals surface area contributed by atoms with Crippen molar-refractivity contribution in [3.63, 3.8) is 0 Å². The van der Waals surface area contributed by atoms with E-state index in [1.807, 2.05) is 0 Å². The van der Waals surface area contributed by atoms with Gasteiger partial charge in [-0.25, -0.2) is 13.8 Å². The molecule has 1 amide bonds. The Morgan fingerprint density at radius 2 is 1.93 bits per heavy atom. The van der Waals surface area contributed by atoms with E-state index in [9.17, 15) is 18.3 Å². The number of nitrogens with zero attached hydrogens (tertiary/aromatic N) is 2. The predicted molar refractivity (Wildman–Crippen MR) is 109 cm³/mol. The van der Waals surface area contributed by atoms with Crippen molar-refractivity contribution in [2.24, 2.45) is 5.10 Å². The highest BCUT2D eigenvalue weighted by Crippen LogP contribution is 2.25. The first-order valence-corrected chi connectivity index (χ1v) is 10.7. The van der Waals surface area contributed by atoms with E-state index >= 15 is 0 Å². The quantitative estimate of drug-likeness (QED) is 0.554. The molecule has 0 spiro atoms. The molecule has 1 aliphatic heterocycles. The van der Waals surface area contributed by atoms with Gasteiger partial charge < -0.3 is 9.84 Å². The molecule has 2 aromatic carbocycles. The first kappa shape index (κ1) is 20.8. The van der Waals surface area contributed by atoms with Crippen LogP contribution in [0, 0.1) is 0 Å². The fourth-order valence-corrected chi connectivity index (χ4v) is 4.62. The molecule has 3 rings (SSSR count). The Balaban J connectivity index is 1.71. The summed E-state index contributed by atoms with van der Waals surface area (Å²) in [6.45, 7) is 0.998. The number of rotatable bonds is 6. The van der Waals surface area contributed by atoms with Gasteiger partial charge in [0.25, 0.3) is 5.91 Å². The van der Waals surface area contributed by atoms with Crippen molar-refractivity contribution in [1.29, 1.82) is 0 Å². The highest BCUT2D eigenvalue weighted by molar-refractivity contribution is 7.89. The molecule has 0 atom stereocenters. The molecule has 29 heavy (non-hydrogen) atoms. The van der Waals surface area contributed by atoms with Gasteiger partial charge in [0, 0.05) is 18.7 Å². The van der Waals surface area contributed by atoms with E-state index in [0.717, 1.165) is 19.3 Å². The van der Waals surface area contributed by atoms with E-state index in [-0.39, 0.29) is 22.0 Å². The van der Waals surface area contributed by atoms with Crippen LogP contribution in [0.2, 0.25) is 0 Å². The first-order chi connectivity index (χ1) is 13.9. The van der Waals surface area contributed by atoms with Crippen LogP contribution in [0.5, 0.6) is 11.5 Å². The van der Waals surface area contributed by atoms with E-state index in [0.29, 0.717) is 18.7 Å². The van der Waals surface area contributed by atoms with Crippen LogP contribution in [0.15, 0.2) is 52.5 Å². The number of piperidine rings is 1. The Labute approximate surface area is 169 Å². The van der Waals surface area contributed by atoms with E-state index < -0.39 is 15.9 Å². The third-order valence-corrected chi connectivity index (χ3v) is 6.53. The number of hydrogen-bond acceptors (Lipinski definition) is 6. The smallest absolute Gasteiger partial charge is 0.271 e. The van der Waals surface area contributed by atoms with Crippen LogP contribution in [-0.2, 0) is 10.0 Å². The number of benzene rings is 2. The molecular weight excluding hydrogens is 394 g/mol. The monoisotopic (exact) mass is 417 g/mol. The van der Waals surface area contributed by atoms with Gasteiger partial charge in [0.2, 0.25) is 10.0 Å². The van der Waals surface area contributed by atoms with Gasteiger partial charge in [-0.3, -0.25) is 4.79 Å². The second-order valence-electron chi connectivity index (χ2n) is 6.62. The minimum absolute atomic E-state index is 0.000385. The Morgan fingerprint density at radius 1 is 1.17 bits per heavy atom. The summed E-state index contributed by atoms with van der Waals surface area (Å²) in [5, 5.41) is 13.5. The second-order valence-corrected chi connectivity index (χ2v) is 8.56. The number of ether oxygens (including phenoxy) is 1. The Bertz CT molecular complexity index is 1010. The normalized spacial score (nSPS) is 15.3. The molecule has 0 aliphatic carbocycles. The van der Waals surface area contributed by atoms with Gasteiger partial charge >= 0.3 is 0 Å². The molecule has 154 valence electrons. The molecule has 1 heterocycles. The van der Waals surface area contributed by atoms with Crippen molar-refractivity contribution < 1.29 is 23.1 Å². The van der Waals surface area contributed by atoms with Crippen molar-refractivity contribution in [3.8, 4) is 11.5 Å². The molecule has 0 unspecified atom stereocenters. The third kappa shape index (κ3) is 4.93. The third-order valence-electron chi connectivity index (χ3n) is 4.63. The molecule has 2 N–H and O–H groups in total.